The van der Waals surface area contributed by atoms with Crippen molar-refractivity contribution >= 4 is 32.3 Å². The van der Waals surface area contributed by atoms with Crippen LogP contribution < -0.4 is 0 Å². The maximum absolute atomic E-state index is 13.8. The first kappa shape index (κ1) is 25.6. The van der Waals surface area contributed by atoms with Gasteiger partial charge >= 0.3 is 6.18 Å². The van der Waals surface area contributed by atoms with Crippen LogP contribution in [0, 0.1) is 0 Å². The Morgan fingerprint density at radius 2 is 0.783 bits per heavy atom. The number of halogens is 3. The van der Waals surface area contributed by atoms with Crippen LogP contribution in [0.2, 0.25) is 0 Å². The van der Waals surface area contributed by atoms with E-state index in [2.05, 4.69) is 103 Å². The molecular weight excluding hydrogens is 573 g/mol. The molecule has 3 heteroatoms. The molecular formula is C43H23F3. The lowest BCUT2D eigenvalue weighted by Gasteiger charge is -2.21. The van der Waals surface area contributed by atoms with Gasteiger partial charge in [0.25, 0.3) is 0 Å². The van der Waals surface area contributed by atoms with E-state index in [9.17, 15) is 13.2 Å². The zero-order chi connectivity index (χ0) is 30.7. The van der Waals surface area contributed by atoms with E-state index < -0.39 is 11.7 Å². The van der Waals surface area contributed by atoms with Gasteiger partial charge < -0.3 is 0 Å². The lowest BCUT2D eigenvalue weighted by molar-refractivity contribution is -0.137. The quantitative estimate of drug-likeness (QED) is 0.174. The van der Waals surface area contributed by atoms with Gasteiger partial charge in [-0.2, -0.15) is 13.2 Å². The van der Waals surface area contributed by atoms with E-state index in [1.54, 1.807) is 6.07 Å². The topological polar surface area (TPSA) is 0 Å². The molecule has 0 N–H and O–H groups in total. The fourth-order valence-electron chi connectivity index (χ4n) is 8.06. The second-order valence-corrected chi connectivity index (χ2v) is 12.3. The number of hydrogen-bond acceptors (Lipinski definition) is 0. The highest BCUT2D eigenvalue weighted by atomic mass is 19.4. The summed E-state index contributed by atoms with van der Waals surface area (Å²) in [5.41, 5.74) is 12.0. The van der Waals surface area contributed by atoms with E-state index in [-0.39, 0.29) is 0 Å². The molecule has 0 saturated heterocycles. The average molecular weight is 597 g/mol. The molecule has 216 valence electrons. The highest BCUT2D eigenvalue weighted by Crippen LogP contribution is 2.61. The molecule has 0 spiro atoms. The van der Waals surface area contributed by atoms with E-state index in [4.69, 9.17) is 0 Å². The molecule has 10 rings (SSSR count). The minimum Gasteiger partial charge on any atom is -0.166 e. The SMILES string of the molecule is FC(F)(F)c1ccc2c(c1)-c1ccc3c4c(ccc-2c14)-c1c-3c(-c2ccccc2)c2cc3ccccc3cc2c1-c1ccccc1. The van der Waals surface area contributed by atoms with Gasteiger partial charge in [-0.15, -0.1) is 0 Å². The molecule has 8 aromatic carbocycles. The third kappa shape index (κ3) is 3.35. The summed E-state index contributed by atoms with van der Waals surface area (Å²) in [6.07, 6.45) is -4.41. The van der Waals surface area contributed by atoms with Gasteiger partial charge in [-0.3, -0.25) is 0 Å². The average Bonchev–Trinajstić information content (AvgIpc) is 3.58. The van der Waals surface area contributed by atoms with Crippen molar-refractivity contribution < 1.29 is 13.2 Å². The summed E-state index contributed by atoms with van der Waals surface area (Å²) < 4.78 is 41.5. The van der Waals surface area contributed by atoms with Crippen LogP contribution in [0.4, 0.5) is 13.2 Å². The molecule has 8 aromatic rings. The first-order valence-corrected chi connectivity index (χ1v) is 15.4. The van der Waals surface area contributed by atoms with Crippen LogP contribution in [0.1, 0.15) is 5.56 Å². The Balaban J connectivity index is 1.40. The zero-order valence-electron chi connectivity index (χ0n) is 24.4. The van der Waals surface area contributed by atoms with Gasteiger partial charge in [0.2, 0.25) is 0 Å². The second-order valence-electron chi connectivity index (χ2n) is 12.3. The number of rotatable bonds is 2. The molecule has 0 aromatic heterocycles. The summed E-state index contributed by atoms with van der Waals surface area (Å²) in [5, 5.41) is 6.87. The van der Waals surface area contributed by atoms with E-state index >= 15 is 0 Å². The monoisotopic (exact) mass is 596 g/mol. The molecule has 0 fully saturated rings. The Labute approximate surface area is 263 Å². The lowest BCUT2D eigenvalue weighted by atomic mass is 9.82. The standard InChI is InChI=1S/C43H23F3/c44-43(45,46)28-15-16-29-30-17-19-32-40-33(20-18-31(39(30)40)34(29)23-28)42-38(25-11-5-2-6-12-25)36-22-27-14-8-7-13-26(27)21-35(36)37(41(32)42)24-9-3-1-4-10-24/h1-23H. The van der Waals surface area contributed by atoms with E-state index in [1.165, 1.54) is 55.9 Å². The van der Waals surface area contributed by atoms with Crippen molar-refractivity contribution in [1.29, 1.82) is 0 Å². The summed E-state index contributed by atoms with van der Waals surface area (Å²) in [4.78, 5) is 0. The molecule has 0 nitrogen and oxygen atoms in total. The van der Waals surface area contributed by atoms with Crippen molar-refractivity contribution in [2.75, 3.05) is 0 Å². The Kier molecular flexibility index (Phi) is 4.99. The summed E-state index contributed by atoms with van der Waals surface area (Å²) in [6.45, 7) is 0. The van der Waals surface area contributed by atoms with E-state index in [1.807, 2.05) is 18.2 Å². The number of alkyl halides is 3. The highest BCUT2D eigenvalue weighted by Gasteiger charge is 2.36. The Morgan fingerprint density at radius 1 is 0.348 bits per heavy atom. The first-order valence-electron chi connectivity index (χ1n) is 15.4. The Bertz CT molecular complexity index is 2480. The molecule has 0 radical (unpaired) electrons. The Morgan fingerprint density at radius 3 is 1.30 bits per heavy atom. The number of benzene rings is 8. The molecule has 0 amide bonds. The van der Waals surface area contributed by atoms with Gasteiger partial charge in [0.1, 0.15) is 0 Å². The zero-order valence-corrected chi connectivity index (χ0v) is 24.4. The van der Waals surface area contributed by atoms with Crippen LogP contribution >= 0.6 is 0 Å². The van der Waals surface area contributed by atoms with Gasteiger partial charge in [-0.1, -0.05) is 115 Å². The van der Waals surface area contributed by atoms with Crippen molar-refractivity contribution in [3.05, 3.63) is 145 Å². The molecule has 0 atom stereocenters. The molecule has 0 aliphatic heterocycles. The molecule has 0 bridgehead atoms. The van der Waals surface area contributed by atoms with Crippen LogP contribution in [-0.2, 0) is 6.18 Å². The van der Waals surface area contributed by atoms with Crippen LogP contribution in [0.25, 0.3) is 99.1 Å². The third-order valence-corrected chi connectivity index (χ3v) is 9.93. The van der Waals surface area contributed by atoms with Gasteiger partial charge in [0.15, 0.2) is 0 Å². The second kappa shape index (κ2) is 8.95. The molecule has 0 saturated carbocycles. The van der Waals surface area contributed by atoms with E-state index in [0.717, 1.165) is 49.7 Å². The van der Waals surface area contributed by atoms with Crippen molar-refractivity contribution in [2.45, 2.75) is 6.18 Å². The number of hydrogen-bond donors (Lipinski definition) is 0. The maximum atomic E-state index is 13.8. The predicted octanol–water partition coefficient (Wildman–Crippen LogP) is 12.8. The largest absolute Gasteiger partial charge is 0.416 e. The van der Waals surface area contributed by atoms with E-state index in [0.29, 0.717) is 5.56 Å². The number of fused-ring (bicyclic) bond motifs is 8. The van der Waals surface area contributed by atoms with Crippen molar-refractivity contribution in [1.82, 2.24) is 0 Å². The van der Waals surface area contributed by atoms with Crippen LogP contribution in [0.3, 0.4) is 0 Å². The first-order chi connectivity index (χ1) is 22.5. The fourth-order valence-corrected chi connectivity index (χ4v) is 8.06. The van der Waals surface area contributed by atoms with Crippen LogP contribution in [0.5, 0.6) is 0 Å². The predicted molar refractivity (Wildman–Crippen MR) is 184 cm³/mol. The normalized spacial score (nSPS) is 12.7. The molecule has 0 heterocycles. The summed E-state index contributed by atoms with van der Waals surface area (Å²) in [6, 6.07) is 46.9. The van der Waals surface area contributed by atoms with Crippen LogP contribution in [-0.4, -0.2) is 0 Å². The summed E-state index contributed by atoms with van der Waals surface area (Å²) in [7, 11) is 0. The van der Waals surface area contributed by atoms with Gasteiger partial charge in [0, 0.05) is 0 Å². The van der Waals surface area contributed by atoms with Gasteiger partial charge in [-0.05, 0) is 123 Å². The summed E-state index contributed by atoms with van der Waals surface area (Å²) in [5.74, 6) is 0. The summed E-state index contributed by atoms with van der Waals surface area (Å²) >= 11 is 0. The Hall–Kier alpha value is -5.67. The van der Waals surface area contributed by atoms with Crippen molar-refractivity contribution in [3.63, 3.8) is 0 Å². The van der Waals surface area contributed by atoms with Crippen molar-refractivity contribution in [3.8, 4) is 66.8 Å². The molecule has 2 aliphatic carbocycles. The minimum atomic E-state index is -4.41. The van der Waals surface area contributed by atoms with Crippen molar-refractivity contribution in [2.24, 2.45) is 0 Å². The maximum Gasteiger partial charge on any atom is 0.416 e. The fraction of sp³-hybridized carbons (Fsp3) is 0.0233. The van der Waals surface area contributed by atoms with Gasteiger partial charge in [0.05, 0.1) is 5.56 Å². The highest BCUT2D eigenvalue weighted by molar-refractivity contribution is 6.32. The van der Waals surface area contributed by atoms with Gasteiger partial charge in [-0.25, -0.2) is 0 Å². The third-order valence-electron chi connectivity index (χ3n) is 9.93. The van der Waals surface area contributed by atoms with Crippen LogP contribution in [0.15, 0.2) is 140 Å². The molecule has 46 heavy (non-hydrogen) atoms. The molecule has 0 unspecified atom stereocenters. The minimum absolute atomic E-state index is 0.620. The molecule has 2 aliphatic rings. The smallest absolute Gasteiger partial charge is 0.166 e. The lowest BCUT2D eigenvalue weighted by Crippen LogP contribution is -2.04.